The van der Waals surface area contributed by atoms with E-state index in [-0.39, 0.29) is 17.6 Å². The Morgan fingerprint density at radius 1 is 1.32 bits per heavy atom. The fourth-order valence-electron chi connectivity index (χ4n) is 2.09. The van der Waals surface area contributed by atoms with Crippen molar-refractivity contribution >= 4 is 5.91 Å². The number of hydrogen-bond donors (Lipinski definition) is 0. The Hall–Kier alpha value is -1.56. The number of nitrogens with zero attached hydrogens (tertiary/aromatic N) is 1. The van der Waals surface area contributed by atoms with Gasteiger partial charge >= 0.3 is 6.18 Å². The molecule has 0 saturated carbocycles. The summed E-state index contributed by atoms with van der Waals surface area (Å²) in [4.78, 5) is 13.7. The number of methoxy groups -OCH3 is 1. The average Bonchev–Trinajstić information content (AvgIpc) is 2.86. The summed E-state index contributed by atoms with van der Waals surface area (Å²) in [6.07, 6.45) is -3.61. The smallest absolute Gasteiger partial charge is 0.380 e. The van der Waals surface area contributed by atoms with Crippen molar-refractivity contribution in [1.82, 2.24) is 4.90 Å². The van der Waals surface area contributed by atoms with Gasteiger partial charge in [0.25, 0.3) is 5.91 Å². The first-order valence-corrected chi connectivity index (χ1v) is 5.91. The Bertz CT molecular complexity index is 456. The molecule has 1 aromatic carbocycles. The number of ether oxygens (including phenoxy) is 1. The van der Waals surface area contributed by atoms with Crippen LogP contribution in [0.1, 0.15) is 22.3 Å². The predicted molar refractivity (Wildman–Crippen MR) is 62.8 cm³/mol. The number of halogens is 3. The van der Waals surface area contributed by atoms with Crippen molar-refractivity contribution < 1.29 is 22.7 Å². The second kappa shape index (κ2) is 5.21. The molecule has 0 N–H and O–H groups in total. The molecule has 1 fully saturated rings. The van der Waals surface area contributed by atoms with Gasteiger partial charge in [-0.25, -0.2) is 0 Å². The summed E-state index contributed by atoms with van der Waals surface area (Å²) < 4.78 is 42.4. The van der Waals surface area contributed by atoms with Gasteiger partial charge in [-0.1, -0.05) is 0 Å². The minimum atomic E-state index is -4.38. The van der Waals surface area contributed by atoms with Crippen molar-refractivity contribution in [3.8, 4) is 0 Å². The van der Waals surface area contributed by atoms with Crippen molar-refractivity contribution in [2.75, 3.05) is 20.2 Å². The molecule has 1 heterocycles. The van der Waals surface area contributed by atoms with E-state index in [1.165, 1.54) is 12.1 Å². The lowest BCUT2D eigenvalue weighted by atomic mass is 10.1. The zero-order valence-corrected chi connectivity index (χ0v) is 10.4. The normalized spacial score (nSPS) is 19.8. The summed E-state index contributed by atoms with van der Waals surface area (Å²) in [6, 6.07) is 4.28. The summed E-state index contributed by atoms with van der Waals surface area (Å²) in [5.74, 6) is -0.256. The molecule has 1 aliphatic rings. The molecule has 1 amide bonds. The summed E-state index contributed by atoms with van der Waals surface area (Å²) in [6.45, 7) is 1.05. The van der Waals surface area contributed by atoms with Gasteiger partial charge < -0.3 is 9.64 Å². The van der Waals surface area contributed by atoms with Crippen LogP contribution in [0, 0.1) is 0 Å². The molecule has 0 aliphatic carbocycles. The van der Waals surface area contributed by atoms with Gasteiger partial charge in [-0.3, -0.25) is 4.79 Å². The molecule has 6 heteroatoms. The monoisotopic (exact) mass is 273 g/mol. The molecule has 104 valence electrons. The van der Waals surface area contributed by atoms with E-state index in [9.17, 15) is 18.0 Å². The number of rotatable bonds is 2. The van der Waals surface area contributed by atoms with Crippen LogP contribution in [0.3, 0.4) is 0 Å². The van der Waals surface area contributed by atoms with Crippen molar-refractivity contribution in [2.45, 2.75) is 18.7 Å². The number of carbonyl (C=O) groups is 1. The van der Waals surface area contributed by atoms with Crippen LogP contribution in [0.15, 0.2) is 24.3 Å². The first-order valence-electron chi connectivity index (χ1n) is 5.91. The Balaban J connectivity index is 2.08. The van der Waals surface area contributed by atoms with Crippen LogP contribution < -0.4 is 0 Å². The van der Waals surface area contributed by atoms with Crippen LogP contribution in [0.4, 0.5) is 13.2 Å². The highest BCUT2D eigenvalue weighted by atomic mass is 19.4. The zero-order valence-electron chi connectivity index (χ0n) is 10.4. The van der Waals surface area contributed by atoms with E-state index in [1.807, 2.05) is 0 Å². The minimum Gasteiger partial charge on any atom is -0.380 e. The van der Waals surface area contributed by atoms with E-state index in [0.717, 1.165) is 18.6 Å². The van der Waals surface area contributed by atoms with Crippen molar-refractivity contribution in [2.24, 2.45) is 0 Å². The number of amides is 1. The van der Waals surface area contributed by atoms with Gasteiger partial charge in [0.05, 0.1) is 11.7 Å². The largest absolute Gasteiger partial charge is 0.416 e. The van der Waals surface area contributed by atoms with E-state index in [2.05, 4.69) is 0 Å². The van der Waals surface area contributed by atoms with E-state index < -0.39 is 11.7 Å². The highest BCUT2D eigenvalue weighted by Crippen LogP contribution is 2.29. The van der Waals surface area contributed by atoms with Gasteiger partial charge in [0.15, 0.2) is 0 Å². The Morgan fingerprint density at radius 3 is 2.42 bits per heavy atom. The Kier molecular flexibility index (Phi) is 3.80. The van der Waals surface area contributed by atoms with Gasteiger partial charge in [0.2, 0.25) is 0 Å². The predicted octanol–water partition coefficient (Wildman–Crippen LogP) is 2.57. The highest BCUT2D eigenvalue weighted by Gasteiger charge is 2.31. The van der Waals surface area contributed by atoms with Crippen molar-refractivity contribution in [3.05, 3.63) is 35.4 Å². The standard InChI is InChI=1S/C13H14F3NO2/c1-19-11-6-7-17(8-11)12(18)9-2-4-10(5-3-9)13(14,15)16/h2-5,11H,6-8H2,1H3/t11-/m0/s1. The maximum absolute atomic E-state index is 12.4. The third kappa shape index (κ3) is 3.07. The van der Waals surface area contributed by atoms with E-state index >= 15 is 0 Å². The number of carbonyl (C=O) groups excluding carboxylic acids is 1. The van der Waals surface area contributed by atoms with E-state index in [0.29, 0.717) is 13.1 Å². The van der Waals surface area contributed by atoms with E-state index in [1.54, 1.807) is 12.0 Å². The van der Waals surface area contributed by atoms with Gasteiger partial charge in [-0.2, -0.15) is 13.2 Å². The quantitative estimate of drug-likeness (QED) is 0.828. The molecule has 0 unspecified atom stereocenters. The highest BCUT2D eigenvalue weighted by molar-refractivity contribution is 5.94. The van der Waals surface area contributed by atoms with Gasteiger partial charge in [-0.05, 0) is 30.7 Å². The molecule has 3 nitrogen and oxygen atoms in total. The summed E-state index contributed by atoms with van der Waals surface area (Å²) in [7, 11) is 1.58. The van der Waals surface area contributed by atoms with Crippen LogP contribution >= 0.6 is 0 Å². The second-order valence-electron chi connectivity index (χ2n) is 4.47. The summed E-state index contributed by atoms with van der Waals surface area (Å²) in [5, 5.41) is 0. The maximum Gasteiger partial charge on any atom is 0.416 e. The Labute approximate surface area is 109 Å². The number of benzene rings is 1. The topological polar surface area (TPSA) is 29.5 Å². The van der Waals surface area contributed by atoms with Gasteiger partial charge in [0.1, 0.15) is 0 Å². The van der Waals surface area contributed by atoms with Crippen LogP contribution in [-0.2, 0) is 10.9 Å². The molecule has 19 heavy (non-hydrogen) atoms. The van der Waals surface area contributed by atoms with Crippen LogP contribution in [-0.4, -0.2) is 37.1 Å². The number of alkyl halides is 3. The fraction of sp³-hybridized carbons (Fsp3) is 0.462. The van der Waals surface area contributed by atoms with Crippen molar-refractivity contribution in [3.63, 3.8) is 0 Å². The summed E-state index contributed by atoms with van der Waals surface area (Å²) >= 11 is 0. The number of hydrogen-bond acceptors (Lipinski definition) is 2. The third-order valence-corrected chi connectivity index (χ3v) is 3.22. The zero-order chi connectivity index (χ0) is 14.0. The molecule has 1 aromatic rings. The molecular formula is C13H14F3NO2. The molecule has 1 atom stereocenters. The molecule has 0 radical (unpaired) electrons. The van der Waals surface area contributed by atoms with Crippen LogP contribution in [0.5, 0.6) is 0 Å². The first-order chi connectivity index (χ1) is 8.91. The maximum atomic E-state index is 12.4. The van der Waals surface area contributed by atoms with Crippen LogP contribution in [0.2, 0.25) is 0 Å². The third-order valence-electron chi connectivity index (χ3n) is 3.22. The number of likely N-dealkylation sites (tertiary alicyclic amines) is 1. The lowest BCUT2D eigenvalue weighted by Gasteiger charge is -2.16. The molecule has 2 rings (SSSR count). The van der Waals surface area contributed by atoms with Gasteiger partial charge in [-0.15, -0.1) is 0 Å². The molecular weight excluding hydrogens is 259 g/mol. The van der Waals surface area contributed by atoms with Gasteiger partial charge in [0, 0.05) is 25.8 Å². The lowest BCUT2D eigenvalue weighted by Crippen LogP contribution is -2.29. The molecule has 0 bridgehead atoms. The van der Waals surface area contributed by atoms with Crippen LogP contribution in [0.25, 0.3) is 0 Å². The average molecular weight is 273 g/mol. The molecule has 0 aromatic heterocycles. The Morgan fingerprint density at radius 2 is 1.95 bits per heavy atom. The summed E-state index contributed by atoms with van der Waals surface area (Å²) in [5.41, 5.74) is -0.481. The molecule has 1 saturated heterocycles. The van der Waals surface area contributed by atoms with Crippen molar-refractivity contribution in [1.29, 1.82) is 0 Å². The molecule has 1 aliphatic heterocycles. The van der Waals surface area contributed by atoms with E-state index in [4.69, 9.17) is 4.74 Å². The lowest BCUT2D eigenvalue weighted by molar-refractivity contribution is -0.137. The molecule has 0 spiro atoms. The second-order valence-corrected chi connectivity index (χ2v) is 4.47. The fourth-order valence-corrected chi connectivity index (χ4v) is 2.09. The SMILES string of the molecule is CO[C@H]1CCN(C(=O)c2ccc(C(F)(F)F)cc2)C1. The minimum absolute atomic E-state index is 0.0124. The first kappa shape index (κ1) is 13.9.